The van der Waals surface area contributed by atoms with Crippen molar-refractivity contribution in [2.75, 3.05) is 18.1 Å². The van der Waals surface area contributed by atoms with Gasteiger partial charge in [0.25, 0.3) is 0 Å². The lowest BCUT2D eigenvalue weighted by Crippen LogP contribution is -2.30. The molecular formula is C10H20OS. The lowest BCUT2D eigenvalue weighted by Gasteiger charge is -2.35. The quantitative estimate of drug-likeness (QED) is 0.715. The third kappa shape index (κ3) is 2.67. The van der Waals surface area contributed by atoms with Gasteiger partial charge in [0.05, 0.1) is 0 Å². The molecule has 0 amide bonds. The summed E-state index contributed by atoms with van der Waals surface area (Å²) in [6, 6.07) is 0. The number of thioether (sulfide) groups is 1. The van der Waals surface area contributed by atoms with Gasteiger partial charge in [-0.25, -0.2) is 0 Å². The molecular weight excluding hydrogens is 168 g/mol. The van der Waals surface area contributed by atoms with Gasteiger partial charge < -0.3 is 5.11 Å². The average Bonchev–Trinajstić information content (AvgIpc) is 1.93. The molecule has 0 aromatic rings. The lowest BCUT2D eigenvalue weighted by molar-refractivity contribution is 0.221. The molecule has 12 heavy (non-hydrogen) atoms. The SMILES string of the molecule is CC(C)C(CCCO)C1CSC1. The van der Waals surface area contributed by atoms with E-state index in [0.29, 0.717) is 6.61 Å². The first kappa shape index (κ1) is 10.4. The minimum atomic E-state index is 0.364. The molecule has 0 saturated carbocycles. The van der Waals surface area contributed by atoms with Crippen LogP contribution in [-0.2, 0) is 0 Å². The van der Waals surface area contributed by atoms with E-state index in [0.717, 1.165) is 24.2 Å². The Labute approximate surface area is 79.9 Å². The van der Waals surface area contributed by atoms with Gasteiger partial charge in [0.15, 0.2) is 0 Å². The van der Waals surface area contributed by atoms with Crippen molar-refractivity contribution in [2.24, 2.45) is 17.8 Å². The van der Waals surface area contributed by atoms with Gasteiger partial charge in [-0.2, -0.15) is 11.8 Å². The zero-order valence-electron chi connectivity index (χ0n) is 8.12. The van der Waals surface area contributed by atoms with Crippen LogP contribution < -0.4 is 0 Å². The van der Waals surface area contributed by atoms with Gasteiger partial charge in [-0.1, -0.05) is 13.8 Å². The summed E-state index contributed by atoms with van der Waals surface area (Å²) >= 11 is 2.06. The molecule has 1 heterocycles. The second kappa shape index (κ2) is 5.13. The van der Waals surface area contributed by atoms with Crippen LogP contribution in [-0.4, -0.2) is 23.2 Å². The van der Waals surface area contributed by atoms with Crippen LogP contribution in [0.5, 0.6) is 0 Å². The van der Waals surface area contributed by atoms with Gasteiger partial charge >= 0.3 is 0 Å². The third-order valence-corrected chi connectivity index (χ3v) is 4.15. The molecule has 0 aromatic carbocycles. The predicted molar refractivity (Wildman–Crippen MR) is 55.5 cm³/mol. The Bertz CT molecular complexity index is 121. The topological polar surface area (TPSA) is 20.2 Å². The zero-order chi connectivity index (χ0) is 8.97. The molecule has 0 aliphatic carbocycles. The first-order chi connectivity index (χ1) is 5.75. The highest BCUT2D eigenvalue weighted by Gasteiger charge is 2.29. The van der Waals surface area contributed by atoms with Crippen LogP contribution in [0.1, 0.15) is 26.7 Å². The van der Waals surface area contributed by atoms with E-state index in [-0.39, 0.29) is 0 Å². The van der Waals surface area contributed by atoms with Gasteiger partial charge in [-0.3, -0.25) is 0 Å². The molecule has 0 spiro atoms. The Kier molecular flexibility index (Phi) is 4.44. The number of rotatable bonds is 5. The van der Waals surface area contributed by atoms with Crippen molar-refractivity contribution < 1.29 is 5.11 Å². The van der Waals surface area contributed by atoms with E-state index >= 15 is 0 Å². The van der Waals surface area contributed by atoms with E-state index in [2.05, 4.69) is 25.6 Å². The Morgan fingerprint density at radius 1 is 1.42 bits per heavy atom. The van der Waals surface area contributed by atoms with Gasteiger partial charge in [0.2, 0.25) is 0 Å². The third-order valence-electron chi connectivity index (χ3n) is 2.82. The van der Waals surface area contributed by atoms with Crippen LogP contribution in [0.3, 0.4) is 0 Å². The van der Waals surface area contributed by atoms with Crippen molar-refractivity contribution in [3.63, 3.8) is 0 Å². The van der Waals surface area contributed by atoms with Crippen molar-refractivity contribution in [1.29, 1.82) is 0 Å². The van der Waals surface area contributed by atoms with E-state index in [1.165, 1.54) is 17.9 Å². The van der Waals surface area contributed by atoms with Crippen LogP contribution in [0, 0.1) is 17.8 Å². The van der Waals surface area contributed by atoms with E-state index in [1.807, 2.05) is 0 Å². The Morgan fingerprint density at radius 2 is 2.08 bits per heavy atom. The normalized spacial score (nSPS) is 21.0. The second-order valence-electron chi connectivity index (χ2n) is 4.07. The van der Waals surface area contributed by atoms with Crippen molar-refractivity contribution in [1.82, 2.24) is 0 Å². The highest BCUT2D eigenvalue weighted by molar-refractivity contribution is 8.00. The molecule has 72 valence electrons. The van der Waals surface area contributed by atoms with E-state index in [4.69, 9.17) is 5.11 Å². The predicted octanol–water partition coefficient (Wildman–Crippen LogP) is 2.39. The number of hydrogen-bond donors (Lipinski definition) is 1. The molecule has 0 bridgehead atoms. The number of aliphatic hydroxyl groups is 1. The van der Waals surface area contributed by atoms with Crippen molar-refractivity contribution in [3.8, 4) is 0 Å². The van der Waals surface area contributed by atoms with Crippen molar-refractivity contribution in [3.05, 3.63) is 0 Å². The molecule has 2 heteroatoms. The maximum Gasteiger partial charge on any atom is 0.0431 e. The first-order valence-corrected chi connectivity index (χ1v) is 6.09. The summed E-state index contributed by atoms with van der Waals surface area (Å²) < 4.78 is 0. The van der Waals surface area contributed by atoms with Crippen molar-refractivity contribution >= 4 is 11.8 Å². The fraction of sp³-hybridized carbons (Fsp3) is 1.00. The fourth-order valence-electron chi connectivity index (χ4n) is 1.94. The molecule has 1 nitrogen and oxygen atoms in total. The van der Waals surface area contributed by atoms with Gasteiger partial charge in [0.1, 0.15) is 0 Å². The van der Waals surface area contributed by atoms with Crippen LogP contribution in [0.2, 0.25) is 0 Å². The average molecular weight is 188 g/mol. The summed E-state index contributed by atoms with van der Waals surface area (Å²) in [6.07, 6.45) is 2.21. The molecule has 1 N–H and O–H groups in total. The van der Waals surface area contributed by atoms with E-state index < -0.39 is 0 Å². The molecule has 0 radical (unpaired) electrons. The lowest BCUT2D eigenvalue weighted by atomic mass is 9.81. The van der Waals surface area contributed by atoms with Crippen molar-refractivity contribution in [2.45, 2.75) is 26.7 Å². The first-order valence-electron chi connectivity index (χ1n) is 4.94. The van der Waals surface area contributed by atoms with E-state index in [9.17, 15) is 0 Å². The zero-order valence-corrected chi connectivity index (χ0v) is 8.94. The van der Waals surface area contributed by atoms with Gasteiger partial charge in [-0.05, 0) is 42.1 Å². The highest BCUT2D eigenvalue weighted by Crippen LogP contribution is 2.37. The Morgan fingerprint density at radius 3 is 2.42 bits per heavy atom. The monoisotopic (exact) mass is 188 g/mol. The molecule has 1 aliphatic rings. The maximum absolute atomic E-state index is 8.76. The van der Waals surface area contributed by atoms with Crippen LogP contribution in [0.4, 0.5) is 0 Å². The fourth-order valence-corrected chi connectivity index (χ4v) is 2.94. The van der Waals surface area contributed by atoms with E-state index in [1.54, 1.807) is 0 Å². The van der Waals surface area contributed by atoms with Crippen LogP contribution in [0.25, 0.3) is 0 Å². The summed E-state index contributed by atoms with van der Waals surface area (Å²) in [5, 5.41) is 8.76. The summed E-state index contributed by atoms with van der Waals surface area (Å²) in [7, 11) is 0. The number of aliphatic hydroxyl groups excluding tert-OH is 1. The largest absolute Gasteiger partial charge is 0.396 e. The highest BCUT2D eigenvalue weighted by atomic mass is 32.2. The minimum Gasteiger partial charge on any atom is -0.396 e. The molecule has 1 saturated heterocycles. The van der Waals surface area contributed by atoms with Crippen LogP contribution >= 0.6 is 11.8 Å². The maximum atomic E-state index is 8.76. The molecule has 1 aliphatic heterocycles. The summed E-state index contributed by atoms with van der Waals surface area (Å²) in [6.45, 7) is 4.99. The number of hydrogen-bond acceptors (Lipinski definition) is 2. The van der Waals surface area contributed by atoms with Gasteiger partial charge in [0, 0.05) is 6.61 Å². The summed E-state index contributed by atoms with van der Waals surface area (Å²) in [5.41, 5.74) is 0. The molecule has 1 fully saturated rings. The Balaban J connectivity index is 2.27. The molecule has 1 atom stereocenters. The molecule has 1 unspecified atom stereocenters. The smallest absolute Gasteiger partial charge is 0.0431 e. The van der Waals surface area contributed by atoms with Crippen LogP contribution in [0.15, 0.2) is 0 Å². The summed E-state index contributed by atoms with van der Waals surface area (Å²) in [5.74, 6) is 5.31. The molecule has 0 aromatic heterocycles. The Hall–Kier alpha value is 0.310. The minimum absolute atomic E-state index is 0.364. The van der Waals surface area contributed by atoms with Gasteiger partial charge in [-0.15, -0.1) is 0 Å². The molecule has 1 rings (SSSR count). The summed E-state index contributed by atoms with van der Waals surface area (Å²) in [4.78, 5) is 0. The standard InChI is InChI=1S/C10H20OS/c1-8(2)10(4-3-5-11)9-6-12-7-9/h8-11H,3-7H2,1-2H3. The second-order valence-corrected chi connectivity index (χ2v) is 5.15.